The van der Waals surface area contributed by atoms with Crippen molar-refractivity contribution in [2.45, 2.75) is 6.04 Å². The largest absolute Gasteiger partial charge is 0.506 e. The van der Waals surface area contributed by atoms with E-state index in [-0.39, 0.29) is 11.7 Å². The minimum atomic E-state index is -0.489. The number of aromatic nitrogens is 1. The zero-order valence-electron chi connectivity index (χ0n) is 14.3. The van der Waals surface area contributed by atoms with E-state index in [4.69, 9.17) is 4.74 Å². The maximum absolute atomic E-state index is 12.8. The quantitative estimate of drug-likeness (QED) is 0.490. The van der Waals surface area contributed by atoms with Crippen molar-refractivity contribution < 1.29 is 14.6 Å². The molecule has 1 aromatic carbocycles. The van der Waals surface area contributed by atoms with Gasteiger partial charge in [-0.15, -0.1) is 0 Å². The first-order valence-corrected chi connectivity index (χ1v) is 9.87. The number of benzene rings is 1. The summed E-state index contributed by atoms with van der Waals surface area (Å²) in [7, 11) is 0. The van der Waals surface area contributed by atoms with Gasteiger partial charge < -0.3 is 9.84 Å². The van der Waals surface area contributed by atoms with Gasteiger partial charge in [0.2, 0.25) is 0 Å². The molecule has 1 saturated heterocycles. The number of ether oxygens (including phenoxy) is 1. The molecule has 0 unspecified atom stereocenters. The number of carbonyl (C=O) groups is 1. The standard InChI is InChI=1S/C18H18Br2N4O3/c19-14-9-13(17(25)15(20)10-14)11-22-23-18(26)16(12-1-3-21-4-2-12)24-5-7-27-8-6-24/h1-4,9-11,16,25H,5-8H2,(H,23,26)/b22-11-/t16-/m1/s1. The summed E-state index contributed by atoms with van der Waals surface area (Å²) in [4.78, 5) is 18.9. The summed E-state index contributed by atoms with van der Waals surface area (Å²) in [5.74, 6) is -0.206. The Balaban J connectivity index is 1.77. The third-order valence-electron chi connectivity index (χ3n) is 4.12. The number of nitrogens with zero attached hydrogens (tertiary/aromatic N) is 3. The minimum absolute atomic E-state index is 0.0510. The first kappa shape index (κ1) is 19.9. The van der Waals surface area contributed by atoms with E-state index >= 15 is 0 Å². The average Bonchev–Trinajstić information content (AvgIpc) is 2.67. The number of carbonyl (C=O) groups excluding carboxylic acids is 1. The van der Waals surface area contributed by atoms with Gasteiger partial charge in [-0.1, -0.05) is 15.9 Å². The van der Waals surface area contributed by atoms with Crippen LogP contribution in [-0.4, -0.2) is 53.4 Å². The lowest BCUT2D eigenvalue weighted by Crippen LogP contribution is -2.44. The third-order valence-corrected chi connectivity index (χ3v) is 5.18. The van der Waals surface area contributed by atoms with Crippen LogP contribution in [0.2, 0.25) is 0 Å². The number of amides is 1. The number of hydrazone groups is 1. The van der Waals surface area contributed by atoms with E-state index in [9.17, 15) is 9.90 Å². The number of aromatic hydroxyl groups is 1. The van der Waals surface area contributed by atoms with E-state index in [1.165, 1.54) is 6.21 Å². The first-order chi connectivity index (χ1) is 13.1. The number of phenols is 1. The van der Waals surface area contributed by atoms with Gasteiger partial charge in [0, 0.05) is 35.5 Å². The van der Waals surface area contributed by atoms with Gasteiger partial charge in [0.1, 0.15) is 11.8 Å². The zero-order chi connectivity index (χ0) is 19.2. The predicted molar refractivity (Wildman–Crippen MR) is 109 cm³/mol. The summed E-state index contributed by atoms with van der Waals surface area (Å²) < 4.78 is 6.70. The van der Waals surface area contributed by atoms with Gasteiger partial charge in [0.25, 0.3) is 5.91 Å². The van der Waals surface area contributed by atoms with Crippen LogP contribution in [0.5, 0.6) is 5.75 Å². The lowest BCUT2D eigenvalue weighted by Gasteiger charge is -2.33. The number of hydrogen-bond acceptors (Lipinski definition) is 6. The summed E-state index contributed by atoms with van der Waals surface area (Å²) in [6.07, 6.45) is 4.73. The molecular formula is C18H18Br2N4O3. The van der Waals surface area contributed by atoms with E-state index in [0.717, 1.165) is 10.0 Å². The summed E-state index contributed by atoms with van der Waals surface area (Å²) in [6.45, 7) is 2.48. The number of halogens is 2. The molecule has 1 amide bonds. The lowest BCUT2D eigenvalue weighted by molar-refractivity contribution is -0.128. The Morgan fingerprint density at radius 2 is 2.00 bits per heavy atom. The lowest BCUT2D eigenvalue weighted by atomic mass is 10.1. The van der Waals surface area contributed by atoms with Crippen LogP contribution in [0, 0.1) is 0 Å². The second kappa shape index (κ2) is 9.41. The Hall–Kier alpha value is -1.81. The van der Waals surface area contributed by atoms with E-state index in [1.54, 1.807) is 24.5 Å². The highest BCUT2D eigenvalue weighted by molar-refractivity contribution is 9.11. The molecule has 27 heavy (non-hydrogen) atoms. The monoisotopic (exact) mass is 496 g/mol. The molecule has 1 atom stereocenters. The summed E-state index contributed by atoms with van der Waals surface area (Å²) >= 11 is 6.63. The molecule has 0 saturated carbocycles. The van der Waals surface area contributed by atoms with Crippen molar-refractivity contribution >= 4 is 44.0 Å². The molecule has 142 valence electrons. The molecule has 2 aromatic rings. The Morgan fingerprint density at radius 3 is 2.70 bits per heavy atom. The number of phenolic OH excluding ortho intramolecular Hbond substituents is 1. The SMILES string of the molecule is O=C(N/N=C\c1cc(Br)cc(Br)c1O)[C@@H](c1ccncc1)N1CCOCC1. The Morgan fingerprint density at radius 1 is 1.30 bits per heavy atom. The fourth-order valence-electron chi connectivity index (χ4n) is 2.82. The van der Waals surface area contributed by atoms with Crippen molar-refractivity contribution in [1.82, 2.24) is 15.3 Å². The Bertz CT molecular complexity index is 827. The van der Waals surface area contributed by atoms with E-state index in [2.05, 4.69) is 52.3 Å². The number of rotatable bonds is 5. The van der Waals surface area contributed by atoms with Crippen molar-refractivity contribution in [2.24, 2.45) is 5.10 Å². The first-order valence-electron chi connectivity index (χ1n) is 8.29. The second-order valence-corrected chi connectivity index (χ2v) is 7.66. The molecule has 1 aliphatic rings. The summed E-state index contributed by atoms with van der Waals surface area (Å²) in [6, 6.07) is 6.58. The highest BCUT2D eigenvalue weighted by atomic mass is 79.9. The molecule has 1 aliphatic heterocycles. The van der Waals surface area contributed by atoms with Crippen molar-refractivity contribution in [3.8, 4) is 5.75 Å². The van der Waals surface area contributed by atoms with Crippen LogP contribution in [0.1, 0.15) is 17.2 Å². The summed E-state index contributed by atoms with van der Waals surface area (Å²) in [5.41, 5.74) is 3.89. The van der Waals surface area contributed by atoms with E-state index < -0.39 is 6.04 Å². The number of morpholine rings is 1. The maximum atomic E-state index is 12.8. The fraction of sp³-hybridized carbons (Fsp3) is 0.278. The third kappa shape index (κ3) is 5.13. The van der Waals surface area contributed by atoms with Gasteiger partial charge in [-0.2, -0.15) is 5.10 Å². The molecule has 0 radical (unpaired) electrons. The molecule has 1 aromatic heterocycles. The number of nitrogens with one attached hydrogen (secondary N) is 1. The van der Waals surface area contributed by atoms with Crippen LogP contribution < -0.4 is 5.43 Å². The Labute approximate surface area is 173 Å². The van der Waals surface area contributed by atoms with Gasteiger partial charge in [0.05, 0.1) is 23.9 Å². The molecule has 0 aliphatic carbocycles. The van der Waals surface area contributed by atoms with Gasteiger partial charge in [-0.25, -0.2) is 5.43 Å². The predicted octanol–water partition coefficient (Wildman–Crippen LogP) is 2.84. The number of hydrogen-bond donors (Lipinski definition) is 2. The van der Waals surface area contributed by atoms with Gasteiger partial charge in [0.15, 0.2) is 0 Å². The van der Waals surface area contributed by atoms with Gasteiger partial charge in [-0.05, 0) is 45.8 Å². The molecular weight excluding hydrogens is 480 g/mol. The molecule has 0 bridgehead atoms. The molecule has 0 spiro atoms. The van der Waals surface area contributed by atoms with Crippen LogP contribution >= 0.6 is 31.9 Å². The molecule has 1 fully saturated rings. The minimum Gasteiger partial charge on any atom is -0.506 e. The van der Waals surface area contributed by atoms with Crippen molar-refractivity contribution in [1.29, 1.82) is 0 Å². The van der Waals surface area contributed by atoms with Gasteiger partial charge >= 0.3 is 0 Å². The van der Waals surface area contributed by atoms with Crippen LogP contribution in [-0.2, 0) is 9.53 Å². The molecule has 9 heteroatoms. The highest BCUT2D eigenvalue weighted by Crippen LogP contribution is 2.30. The summed E-state index contributed by atoms with van der Waals surface area (Å²) in [5, 5.41) is 14.1. The van der Waals surface area contributed by atoms with Crippen molar-refractivity contribution in [2.75, 3.05) is 26.3 Å². The molecule has 3 rings (SSSR count). The fourth-order valence-corrected chi connectivity index (χ4v) is 4.08. The van der Waals surface area contributed by atoms with E-state index in [1.807, 2.05) is 12.1 Å². The van der Waals surface area contributed by atoms with Crippen LogP contribution in [0.15, 0.2) is 50.7 Å². The van der Waals surface area contributed by atoms with Crippen molar-refractivity contribution in [3.05, 3.63) is 56.7 Å². The normalized spacial score (nSPS) is 16.4. The molecule has 7 nitrogen and oxygen atoms in total. The zero-order valence-corrected chi connectivity index (χ0v) is 17.5. The Kier molecular flexibility index (Phi) is 6.95. The van der Waals surface area contributed by atoms with Crippen LogP contribution in [0.4, 0.5) is 0 Å². The average molecular weight is 498 g/mol. The second-order valence-electron chi connectivity index (χ2n) is 5.89. The van der Waals surface area contributed by atoms with Crippen LogP contribution in [0.25, 0.3) is 0 Å². The number of pyridine rings is 1. The topological polar surface area (TPSA) is 87.0 Å². The highest BCUT2D eigenvalue weighted by Gasteiger charge is 2.28. The molecule has 2 heterocycles. The van der Waals surface area contributed by atoms with Gasteiger partial charge in [-0.3, -0.25) is 14.7 Å². The van der Waals surface area contributed by atoms with E-state index in [0.29, 0.717) is 36.3 Å². The van der Waals surface area contributed by atoms with Crippen LogP contribution in [0.3, 0.4) is 0 Å². The molecule has 2 N–H and O–H groups in total. The maximum Gasteiger partial charge on any atom is 0.262 e. The van der Waals surface area contributed by atoms with Crippen molar-refractivity contribution in [3.63, 3.8) is 0 Å². The smallest absolute Gasteiger partial charge is 0.262 e.